The molecule has 4 aromatic rings. The molecular weight excluding hydrogens is 374 g/mol. The summed E-state index contributed by atoms with van der Waals surface area (Å²) in [5.74, 6) is 0.0887. The summed E-state index contributed by atoms with van der Waals surface area (Å²) in [6, 6.07) is 16.6. The zero-order valence-corrected chi connectivity index (χ0v) is 15.2. The number of para-hydroxylation sites is 2. The highest BCUT2D eigenvalue weighted by molar-refractivity contribution is 5.96. The van der Waals surface area contributed by atoms with E-state index in [1.165, 1.54) is 0 Å². The van der Waals surface area contributed by atoms with Gasteiger partial charge in [-0.1, -0.05) is 36.4 Å². The number of rotatable bonds is 6. The van der Waals surface area contributed by atoms with Crippen LogP contribution in [0.3, 0.4) is 0 Å². The second kappa shape index (κ2) is 7.85. The van der Waals surface area contributed by atoms with Crippen LogP contribution >= 0.6 is 0 Å². The van der Waals surface area contributed by atoms with E-state index < -0.39 is 5.97 Å². The molecule has 2 aromatic carbocycles. The molecule has 146 valence electrons. The molecule has 9 nitrogen and oxygen atoms in total. The fourth-order valence-electron chi connectivity index (χ4n) is 2.80. The standard InChI is InChI=1S/C20H17N5O4/c21-19-23-16(24-20(22)25-19)11-28-18(26)17-14(10-27-12-6-2-1-3-7-12)13-8-4-5-9-15(13)29-17/h1-9H,10-11H2,(H4,21,22,23,24,25). The Kier molecular flexibility index (Phi) is 4.93. The minimum Gasteiger partial charge on any atom is -0.489 e. The Hall–Kier alpha value is -4.14. The first-order valence-electron chi connectivity index (χ1n) is 8.71. The number of hydrogen-bond donors (Lipinski definition) is 2. The summed E-state index contributed by atoms with van der Waals surface area (Å²) in [5.41, 5.74) is 12.2. The number of carbonyl (C=O) groups excluding carboxylic acids is 1. The monoisotopic (exact) mass is 391 g/mol. The number of furan rings is 1. The second-order valence-electron chi connectivity index (χ2n) is 6.05. The summed E-state index contributed by atoms with van der Waals surface area (Å²) < 4.78 is 16.8. The van der Waals surface area contributed by atoms with Crippen molar-refractivity contribution in [1.29, 1.82) is 0 Å². The summed E-state index contributed by atoms with van der Waals surface area (Å²) in [4.78, 5) is 24.1. The topological polar surface area (TPSA) is 139 Å². The first kappa shape index (κ1) is 18.2. The normalized spacial score (nSPS) is 10.8. The summed E-state index contributed by atoms with van der Waals surface area (Å²) >= 11 is 0. The lowest BCUT2D eigenvalue weighted by Gasteiger charge is -2.07. The first-order chi connectivity index (χ1) is 14.1. The van der Waals surface area contributed by atoms with Gasteiger partial charge in [-0.2, -0.15) is 15.0 Å². The van der Waals surface area contributed by atoms with Crippen molar-refractivity contribution in [1.82, 2.24) is 15.0 Å². The molecule has 2 aromatic heterocycles. The van der Waals surface area contributed by atoms with Crippen molar-refractivity contribution in [2.75, 3.05) is 11.5 Å². The van der Waals surface area contributed by atoms with Crippen LogP contribution in [-0.2, 0) is 18.0 Å². The molecule has 0 spiro atoms. The maximum atomic E-state index is 12.7. The number of nitrogens with zero attached hydrogens (tertiary/aromatic N) is 3. The maximum absolute atomic E-state index is 12.7. The van der Waals surface area contributed by atoms with Crippen LogP contribution in [0.2, 0.25) is 0 Å². The van der Waals surface area contributed by atoms with Crippen LogP contribution in [0, 0.1) is 0 Å². The number of nitrogen functional groups attached to an aromatic ring is 2. The molecule has 0 radical (unpaired) electrons. The van der Waals surface area contributed by atoms with Gasteiger partial charge in [0, 0.05) is 5.39 Å². The predicted molar refractivity (Wildman–Crippen MR) is 105 cm³/mol. The summed E-state index contributed by atoms with van der Waals surface area (Å²) in [7, 11) is 0. The lowest BCUT2D eigenvalue weighted by molar-refractivity contribution is 0.0424. The molecule has 9 heteroatoms. The number of benzene rings is 2. The quantitative estimate of drug-likeness (QED) is 0.475. The Morgan fingerprint density at radius 2 is 1.59 bits per heavy atom. The molecule has 0 bridgehead atoms. The minimum atomic E-state index is -0.676. The average molecular weight is 391 g/mol. The number of esters is 1. The van der Waals surface area contributed by atoms with E-state index in [0.29, 0.717) is 16.9 Å². The van der Waals surface area contributed by atoms with E-state index in [9.17, 15) is 4.79 Å². The summed E-state index contributed by atoms with van der Waals surface area (Å²) in [5, 5.41) is 0.768. The van der Waals surface area contributed by atoms with E-state index in [-0.39, 0.29) is 36.7 Å². The highest BCUT2D eigenvalue weighted by Gasteiger charge is 2.23. The van der Waals surface area contributed by atoms with E-state index in [1.807, 2.05) is 48.5 Å². The second-order valence-corrected chi connectivity index (χ2v) is 6.05. The van der Waals surface area contributed by atoms with Gasteiger partial charge in [0.15, 0.2) is 12.4 Å². The van der Waals surface area contributed by atoms with E-state index in [1.54, 1.807) is 6.07 Å². The molecule has 0 fully saturated rings. The van der Waals surface area contributed by atoms with Crippen molar-refractivity contribution in [2.45, 2.75) is 13.2 Å². The smallest absolute Gasteiger partial charge is 0.375 e. The lowest BCUT2D eigenvalue weighted by Crippen LogP contribution is -2.12. The molecule has 0 unspecified atom stereocenters. The minimum absolute atomic E-state index is 0.0516. The van der Waals surface area contributed by atoms with Crippen molar-refractivity contribution in [3.8, 4) is 5.75 Å². The highest BCUT2D eigenvalue weighted by atomic mass is 16.5. The number of hydrogen-bond acceptors (Lipinski definition) is 9. The highest BCUT2D eigenvalue weighted by Crippen LogP contribution is 2.28. The number of ether oxygens (including phenoxy) is 2. The zero-order chi connectivity index (χ0) is 20.2. The Morgan fingerprint density at radius 1 is 0.897 bits per heavy atom. The van der Waals surface area contributed by atoms with Crippen molar-refractivity contribution in [3.05, 3.63) is 71.7 Å². The number of aromatic nitrogens is 3. The summed E-state index contributed by atoms with van der Waals surface area (Å²) in [6.45, 7) is -0.0944. The van der Waals surface area contributed by atoms with Crippen LogP contribution in [0.25, 0.3) is 11.0 Å². The fourth-order valence-corrected chi connectivity index (χ4v) is 2.80. The average Bonchev–Trinajstić information content (AvgIpc) is 3.09. The zero-order valence-electron chi connectivity index (χ0n) is 15.2. The Balaban J connectivity index is 1.57. The van der Waals surface area contributed by atoms with Crippen LogP contribution in [0.1, 0.15) is 21.9 Å². The van der Waals surface area contributed by atoms with Gasteiger partial charge in [-0.3, -0.25) is 0 Å². The van der Waals surface area contributed by atoms with Gasteiger partial charge < -0.3 is 25.4 Å². The first-order valence-corrected chi connectivity index (χ1v) is 8.71. The van der Waals surface area contributed by atoms with Gasteiger partial charge in [0.1, 0.15) is 17.9 Å². The number of carbonyl (C=O) groups is 1. The largest absolute Gasteiger partial charge is 0.489 e. The Morgan fingerprint density at radius 3 is 2.34 bits per heavy atom. The molecule has 0 aliphatic heterocycles. The van der Waals surface area contributed by atoms with Crippen LogP contribution in [0.5, 0.6) is 5.75 Å². The number of nitrogens with two attached hydrogens (primary N) is 2. The van der Waals surface area contributed by atoms with Gasteiger partial charge in [-0.05, 0) is 18.2 Å². The van der Waals surface area contributed by atoms with Crippen molar-refractivity contribution in [2.24, 2.45) is 0 Å². The fraction of sp³-hybridized carbons (Fsp3) is 0.100. The number of fused-ring (bicyclic) bond motifs is 1. The Labute approximate surface area is 165 Å². The third-order valence-corrected chi connectivity index (χ3v) is 4.06. The molecule has 29 heavy (non-hydrogen) atoms. The third kappa shape index (κ3) is 4.08. The van der Waals surface area contributed by atoms with Crippen LogP contribution in [0.4, 0.5) is 11.9 Å². The molecule has 0 saturated heterocycles. The van der Waals surface area contributed by atoms with Gasteiger partial charge in [0.25, 0.3) is 0 Å². The molecular formula is C20H17N5O4. The molecule has 0 atom stereocenters. The summed E-state index contributed by atoms with van der Waals surface area (Å²) in [6.07, 6.45) is 0. The Bertz CT molecular complexity index is 1140. The van der Waals surface area contributed by atoms with E-state index in [2.05, 4.69) is 15.0 Å². The van der Waals surface area contributed by atoms with Gasteiger partial charge in [0.2, 0.25) is 17.7 Å². The third-order valence-electron chi connectivity index (χ3n) is 4.06. The predicted octanol–water partition coefficient (Wildman–Crippen LogP) is 2.72. The van der Waals surface area contributed by atoms with Crippen LogP contribution in [0.15, 0.2) is 59.0 Å². The van der Waals surface area contributed by atoms with Crippen LogP contribution in [-0.4, -0.2) is 20.9 Å². The molecule has 4 rings (SSSR count). The molecule has 2 heterocycles. The molecule has 0 amide bonds. The lowest BCUT2D eigenvalue weighted by atomic mass is 10.1. The molecule has 4 N–H and O–H groups in total. The van der Waals surface area contributed by atoms with Crippen molar-refractivity contribution >= 4 is 28.8 Å². The van der Waals surface area contributed by atoms with Crippen molar-refractivity contribution < 1.29 is 18.7 Å². The van der Waals surface area contributed by atoms with E-state index in [0.717, 1.165) is 5.39 Å². The molecule has 0 saturated carbocycles. The van der Waals surface area contributed by atoms with Gasteiger partial charge in [0.05, 0.1) is 5.56 Å². The van der Waals surface area contributed by atoms with Gasteiger partial charge >= 0.3 is 5.97 Å². The SMILES string of the molecule is Nc1nc(N)nc(COC(=O)c2oc3ccccc3c2COc2ccccc2)n1. The molecule has 0 aliphatic rings. The molecule has 0 aliphatic carbocycles. The van der Waals surface area contributed by atoms with Crippen LogP contribution < -0.4 is 16.2 Å². The van der Waals surface area contributed by atoms with Crippen molar-refractivity contribution in [3.63, 3.8) is 0 Å². The van der Waals surface area contributed by atoms with E-state index in [4.69, 9.17) is 25.4 Å². The maximum Gasteiger partial charge on any atom is 0.375 e. The number of anilines is 2. The van der Waals surface area contributed by atoms with Gasteiger partial charge in [-0.15, -0.1) is 0 Å². The van der Waals surface area contributed by atoms with Gasteiger partial charge in [-0.25, -0.2) is 4.79 Å². The van der Waals surface area contributed by atoms with E-state index >= 15 is 0 Å².